The highest BCUT2D eigenvalue weighted by molar-refractivity contribution is 5.75. The molecule has 16 nitrogen and oxygen atoms in total. The molecule has 0 saturated carbocycles. The Balaban J connectivity index is 4.65. The summed E-state index contributed by atoms with van der Waals surface area (Å²) < 4.78 is 31.0. The lowest BCUT2D eigenvalue weighted by Gasteiger charge is -2.30. The molecule has 6 atom stereocenters. The zero-order valence-electron chi connectivity index (χ0n) is 20.4. The Kier molecular flexibility index (Phi) is 18.7. The van der Waals surface area contributed by atoms with Crippen molar-refractivity contribution >= 4 is 11.9 Å². The molecule has 1 amide bonds. The van der Waals surface area contributed by atoms with Crippen molar-refractivity contribution in [2.75, 3.05) is 66.8 Å². The molecule has 0 radical (unpaired) electrons. The van der Waals surface area contributed by atoms with E-state index in [1.807, 2.05) is 0 Å². The molecule has 36 heavy (non-hydrogen) atoms. The van der Waals surface area contributed by atoms with Gasteiger partial charge in [0.1, 0.15) is 31.1 Å². The van der Waals surface area contributed by atoms with E-state index in [0.29, 0.717) is 0 Å². The smallest absolute Gasteiger partial charge is 0.364 e. The van der Waals surface area contributed by atoms with E-state index in [1.54, 1.807) is 0 Å². The molecule has 0 aliphatic rings. The molecular weight excluding hydrogens is 494 g/mol. The zero-order valence-corrected chi connectivity index (χ0v) is 20.4. The van der Waals surface area contributed by atoms with Crippen LogP contribution in [0.4, 0.5) is 0 Å². The third kappa shape index (κ3) is 13.1. The van der Waals surface area contributed by atoms with Gasteiger partial charge in [-0.05, 0) is 0 Å². The zero-order chi connectivity index (χ0) is 27.6. The summed E-state index contributed by atoms with van der Waals surface area (Å²) in [5, 5.41) is 68.3. The van der Waals surface area contributed by atoms with Gasteiger partial charge in [-0.3, -0.25) is 4.79 Å². The molecule has 0 bridgehead atoms. The van der Waals surface area contributed by atoms with E-state index in [-0.39, 0.29) is 39.8 Å². The lowest BCUT2D eigenvalue weighted by atomic mass is 10.1. The fraction of sp³-hybridized carbons (Fsp3) is 0.900. The quantitative estimate of drug-likeness (QED) is 0.0458. The van der Waals surface area contributed by atoms with Crippen molar-refractivity contribution in [3.05, 3.63) is 0 Å². The minimum atomic E-state index is -2.35. The van der Waals surface area contributed by atoms with Crippen LogP contribution < -0.4 is 5.32 Å². The van der Waals surface area contributed by atoms with E-state index in [0.717, 1.165) is 0 Å². The number of carbonyl (C=O) groups is 2. The van der Waals surface area contributed by atoms with E-state index >= 15 is 0 Å². The molecule has 0 aromatic rings. The number of carboxylic acid groups (broad SMARTS) is 1. The number of hydrogen-bond donors (Lipinski definition) is 8. The summed E-state index contributed by atoms with van der Waals surface area (Å²) in [6, 6.07) is -1.02. The van der Waals surface area contributed by atoms with Gasteiger partial charge in [0, 0.05) is 27.1 Å². The van der Waals surface area contributed by atoms with Crippen molar-refractivity contribution < 1.29 is 73.8 Å². The van der Waals surface area contributed by atoms with Gasteiger partial charge in [-0.1, -0.05) is 0 Å². The first-order valence-electron chi connectivity index (χ1n) is 11.0. The van der Waals surface area contributed by atoms with E-state index in [4.69, 9.17) is 38.6 Å². The van der Waals surface area contributed by atoms with Gasteiger partial charge in [-0.25, -0.2) is 4.79 Å². The first kappa shape index (κ1) is 34.5. The van der Waals surface area contributed by atoms with Gasteiger partial charge >= 0.3 is 5.97 Å². The van der Waals surface area contributed by atoms with Gasteiger partial charge in [-0.15, -0.1) is 0 Å². The Hall–Kier alpha value is -1.54. The molecule has 8 N–H and O–H groups in total. The van der Waals surface area contributed by atoms with Crippen molar-refractivity contribution in [2.24, 2.45) is 0 Å². The van der Waals surface area contributed by atoms with Crippen LogP contribution in [0.1, 0.15) is 13.3 Å². The maximum Gasteiger partial charge on any atom is 0.364 e. The molecule has 0 saturated heterocycles. The first-order chi connectivity index (χ1) is 17.1. The van der Waals surface area contributed by atoms with Crippen LogP contribution in [0, 0.1) is 0 Å². The van der Waals surface area contributed by atoms with Crippen LogP contribution in [0.25, 0.3) is 0 Å². The van der Waals surface area contributed by atoms with Gasteiger partial charge in [0.15, 0.2) is 6.29 Å². The maximum atomic E-state index is 11.7. The van der Waals surface area contributed by atoms with Crippen molar-refractivity contribution in [1.29, 1.82) is 0 Å². The lowest BCUT2D eigenvalue weighted by Crippen LogP contribution is -2.53. The summed E-state index contributed by atoms with van der Waals surface area (Å²) in [5.74, 6) is -4.41. The molecule has 0 rings (SSSR count). The number of amides is 1. The van der Waals surface area contributed by atoms with E-state index in [1.165, 1.54) is 14.0 Å². The number of carbonyl (C=O) groups excluding carboxylic acids is 1. The molecule has 0 aromatic heterocycles. The molecule has 0 aliphatic heterocycles. The third-order valence-electron chi connectivity index (χ3n) is 4.59. The molecule has 0 fully saturated rings. The Morgan fingerprint density at radius 3 is 2.11 bits per heavy atom. The number of aliphatic hydroxyl groups excluding tert-OH is 6. The number of ether oxygens (including phenoxy) is 6. The monoisotopic (exact) mass is 533 g/mol. The number of methoxy groups -OCH3 is 1. The molecule has 16 heteroatoms. The van der Waals surface area contributed by atoms with Crippen molar-refractivity contribution in [3.8, 4) is 0 Å². The maximum absolute atomic E-state index is 11.7. The summed E-state index contributed by atoms with van der Waals surface area (Å²) in [4.78, 5) is 23.1. The normalized spacial score (nSPS) is 17.6. The summed E-state index contributed by atoms with van der Waals surface area (Å²) in [6.07, 6.45) is -6.01. The molecule has 0 aromatic carbocycles. The minimum absolute atomic E-state index is 0.0932. The van der Waals surface area contributed by atoms with Crippen LogP contribution in [0.3, 0.4) is 0 Å². The van der Waals surface area contributed by atoms with Crippen LogP contribution in [0.5, 0.6) is 0 Å². The first-order valence-corrected chi connectivity index (χ1v) is 11.0. The van der Waals surface area contributed by atoms with Gasteiger partial charge in [-0.2, -0.15) is 0 Å². The summed E-state index contributed by atoms with van der Waals surface area (Å²) in [7, 11) is 1.29. The van der Waals surface area contributed by atoms with Crippen molar-refractivity contribution in [3.63, 3.8) is 0 Å². The highest BCUT2D eigenvalue weighted by atomic mass is 16.7. The highest BCUT2D eigenvalue weighted by Crippen LogP contribution is 2.20. The second kappa shape index (κ2) is 19.6. The average Bonchev–Trinajstić information content (AvgIpc) is 2.84. The van der Waals surface area contributed by atoms with E-state index in [2.05, 4.69) is 5.32 Å². The second-order valence-electron chi connectivity index (χ2n) is 7.40. The summed E-state index contributed by atoms with van der Waals surface area (Å²) in [6.45, 7) is -2.48. The molecule has 0 aliphatic carbocycles. The van der Waals surface area contributed by atoms with E-state index in [9.17, 15) is 35.1 Å². The molecular formula is C20H39NO15. The van der Waals surface area contributed by atoms with Crippen LogP contribution in [-0.2, 0) is 38.0 Å². The number of rotatable bonds is 23. The Bertz CT molecular complexity index is 597. The van der Waals surface area contributed by atoms with Gasteiger partial charge in [0.2, 0.25) is 5.91 Å². The van der Waals surface area contributed by atoms with Crippen LogP contribution >= 0.6 is 0 Å². The summed E-state index contributed by atoms with van der Waals surface area (Å²) >= 11 is 0. The number of aliphatic carboxylic acids is 1. The van der Waals surface area contributed by atoms with Gasteiger partial charge in [0.25, 0.3) is 5.79 Å². The lowest BCUT2D eigenvalue weighted by molar-refractivity contribution is -0.263. The number of aliphatic hydroxyl groups is 6. The summed E-state index contributed by atoms with van der Waals surface area (Å²) in [5.41, 5.74) is 0. The number of carboxylic acids is 1. The van der Waals surface area contributed by atoms with Crippen LogP contribution in [0.15, 0.2) is 0 Å². The molecule has 0 spiro atoms. The molecule has 0 heterocycles. The largest absolute Gasteiger partial charge is 0.477 e. The molecule has 214 valence electrons. The SMILES string of the molecule is CO[C@H](OCCO)C(NC(C)=O)C(O)COCOCCO[C@](CCO)(OC[C@H](O)[C@H](O)CO)C(=O)O. The van der Waals surface area contributed by atoms with Crippen molar-refractivity contribution in [1.82, 2.24) is 5.32 Å². The van der Waals surface area contributed by atoms with Crippen LogP contribution in [-0.4, -0.2) is 151 Å². The third-order valence-corrected chi connectivity index (χ3v) is 4.59. The Morgan fingerprint density at radius 1 is 0.889 bits per heavy atom. The Morgan fingerprint density at radius 2 is 1.58 bits per heavy atom. The molecule has 2 unspecified atom stereocenters. The fourth-order valence-electron chi connectivity index (χ4n) is 2.74. The average molecular weight is 534 g/mol. The number of hydrogen-bond acceptors (Lipinski definition) is 14. The van der Waals surface area contributed by atoms with Gasteiger partial charge < -0.3 is 69.5 Å². The second-order valence-corrected chi connectivity index (χ2v) is 7.40. The minimum Gasteiger partial charge on any atom is -0.477 e. The van der Waals surface area contributed by atoms with E-state index < -0.39 is 74.5 Å². The van der Waals surface area contributed by atoms with Crippen molar-refractivity contribution in [2.45, 2.75) is 49.8 Å². The fourth-order valence-corrected chi connectivity index (χ4v) is 2.74. The topological polar surface area (TPSA) is 243 Å². The standard InChI is InChI=1S/C20H39NO15/c1-13(25)21-17(18(31-2)34-6-5-23)16(28)10-33-12-32-7-8-35-20(3-4-22,19(29)30)36-11-15(27)14(26)9-24/h14-18,22-24,26-28H,3-12H2,1-2H3,(H,21,25)(H,29,30)/t14-,15+,16?,17?,18-,20-/m1/s1. The Labute approximate surface area is 208 Å². The number of nitrogens with one attached hydrogen (secondary N) is 1. The van der Waals surface area contributed by atoms with Crippen LogP contribution in [0.2, 0.25) is 0 Å². The predicted molar refractivity (Wildman–Crippen MR) is 117 cm³/mol. The highest BCUT2D eigenvalue weighted by Gasteiger charge is 2.42. The van der Waals surface area contributed by atoms with Gasteiger partial charge in [0.05, 0.1) is 46.2 Å². The predicted octanol–water partition coefficient (Wildman–Crippen LogP) is -4.27.